The molecule has 1 aliphatic rings. The van der Waals surface area contributed by atoms with Crippen molar-refractivity contribution in [3.05, 3.63) is 59.9 Å². The Bertz CT molecular complexity index is 711. The van der Waals surface area contributed by atoms with Crippen LogP contribution in [0.3, 0.4) is 0 Å². The summed E-state index contributed by atoms with van der Waals surface area (Å²) in [6.45, 7) is 0. The molecule has 0 saturated heterocycles. The molecule has 0 radical (unpaired) electrons. The zero-order valence-corrected chi connectivity index (χ0v) is 13.0. The lowest BCUT2D eigenvalue weighted by Gasteiger charge is -2.21. The Morgan fingerprint density at radius 3 is 2.00 bits per heavy atom. The molecule has 0 aromatic heterocycles. The summed E-state index contributed by atoms with van der Waals surface area (Å²) in [6, 6.07) is 14.5. The zero-order chi connectivity index (χ0) is 16.1. The van der Waals surface area contributed by atoms with Crippen molar-refractivity contribution in [1.82, 2.24) is 0 Å². The average molecular weight is 306 g/mol. The topological polar surface area (TPSA) is 17.1 Å². The summed E-state index contributed by atoms with van der Waals surface area (Å²) in [7, 11) is 0. The minimum absolute atomic E-state index is 0.222. The number of benzene rings is 2. The molecule has 0 spiro atoms. The van der Waals surface area contributed by atoms with Crippen LogP contribution < -0.4 is 0 Å². The second kappa shape index (κ2) is 7.24. The molecule has 3 rings (SSSR count). The Morgan fingerprint density at radius 2 is 1.43 bits per heavy atom. The Labute approximate surface area is 136 Å². The van der Waals surface area contributed by atoms with Gasteiger partial charge < -0.3 is 4.79 Å². The summed E-state index contributed by atoms with van der Waals surface area (Å²) in [4.78, 5) is 10.8. The minimum atomic E-state index is -0.222. The van der Waals surface area contributed by atoms with Gasteiger partial charge in [-0.05, 0) is 61.1 Å². The molecule has 116 valence electrons. The van der Waals surface area contributed by atoms with Crippen molar-refractivity contribution in [2.45, 2.75) is 25.7 Å². The third-order valence-electron chi connectivity index (χ3n) is 4.45. The highest BCUT2D eigenvalue weighted by molar-refractivity contribution is 5.64. The van der Waals surface area contributed by atoms with Crippen molar-refractivity contribution in [3.8, 4) is 23.0 Å². The van der Waals surface area contributed by atoms with E-state index in [0.29, 0.717) is 5.92 Å². The molecule has 2 aromatic carbocycles. The molecule has 0 bridgehead atoms. The third kappa shape index (κ3) is 4.07. The van der Waals surface area contributed by atoms with E-state index in [1.54, 1.807) is 12.1 Å². The predicted octanol–water partition coefficient (Wildman–Crippen LogP) is 4.85. The maximum absolute atomic E-state index is 13.0. The number of aldehydes is 1. The SMILES string of the molecule is O=CC1CCC(C#Cc2ccc(-c3ccc(F)cc3)cc2)CC1. The first-order valence-electron chi connectivity index (χ1n) is 8.07. The number of halogens is 1. The number of carbonyl (C=O) groups excluding carboxylic acids is 1. The third-order valence-corrected chi connectivity index (χ3v) is 4.45. The van der Waals surface area contributed by atoms with Crippen LogP contribution >= 0.6 is 0 Å². The maximum atomic E-state index is 13.0. The molecule has 1 fully saturated rings. The van der Waals surface area contributed by atoms with Crippen LogP contribution in [0.5, 0.6) is 0 Å². The number of hydrogen-bond acceptors (Lipinski definition) is 1. The van der Waals surface area contributed by atoms with Gasteiger partial charge >= 0.3 is 0 Å². The van der Waals surface area contributed by atoms with E-state index in [1.807, 2.05) is 24.3 Å². The van der Waals surface area contributed by atoms with Crippen LogP contribution in [0.15, 0.2) is 48.5 Å². The van der Waals surface area contributed by atoms with Crippen LogP contribution in [0, 0.1) is 29.5 Å². The van der Waals surface area contributed by atoms with Crippen LogP contribution in [0.4, 0.5) is 4.39 Å². The van der Waals surface area contributed by atoms with Crippen LogP contribution in [0.25, 0.3) is 11.1 Å². The van der Waals surface area contributed by atoms with Crippen molar-refractivity contribution < 1.29 is 9.18 Å². The lowest BCUT2D eigenvalue weighted by molar-refractivity contribution is -0.112. The summed E-state index contributed by atoms with van der Waals surface area (Å²) in [6.07, 6.45) is 5.05. The molecule has 2 aromatic rings. The molecule has 23 heavy (non-hydrogen) atoms. The van der Waals surface area contributed by atoms with E-state index >= 15 is 0 Å². The molecule has 0 unspecified atom stereocenters. The second-order valence-electron chi connectivity index (χ2n) is 6.10. The molecule has 1 aliphatic carbocycles. The van der Waals surface area contributed by atoms with E-state index in [1.165, 1.54) is 12.1 Å². The molecule has 0 aliphatic heterocycles. The van der Waals surface area contributed by atoms with Gasteiger partial charge in [0.15, 0.2) is 0 Å². The molecule has 2 heteroatoms. The van der Waals surface area contributed by atoms with Crippen molar-refractivity contribution >= 4 is 6.29 Å². The zero-order valence-electron chi connectivity index (χ0n) is 13.0. The van der Waals surface area contributed by atoms with Crippen molar-refractivity contribution in [2.75, 3.05) is 0 Å². The van der Waals surface area contributed by atoms with Gasteiger partial charge in [-0.3, -0.25) is 0 Å². The Kier molecular flexibility index (Phi) is 4.88. The van der Waals surface area contributed by atoms with Crippen molar-refractivity contribution in [3.63, 3.8) is 0 Å². The summed E-state index contributed by atoms with van der Waals surface area (Å²) in [5.74, 6) is 6.99. The molecule has 0 heterocycles. The van der Waals surface area contributed by atoms with Gasteiger partial charge in [0.1, 0.15) is 12.1 Å². The minimum Gasteiger partial charge on any atom is -0.303 e. The summed E-state index contributed by atoms with van der Waals surface area (Å²) < 4.78 is 13.0. The van der Waals surface area contributed by atoms with Gasteiger partial charge in [-0.1, -0.05) is 36.1 Å². The van der Waals surface area contributed by atoms with E-state index in [2.05, 4.69) is 11.8 Å². The van der Waals surface area contributed by atoms with E-state index < -0.39 is 0 Å². The second-order valence-corrected chi connectivity index (χ2v) is 6.10. The molecule has 0 amide bonds. The fraction of sp³-hybridized carbons (Fsp3) is 0.286. The number of hydrogen-bond donors (Lipinski definition) is 0. The lowest BCUT2D eigenvalue weighted by Crippen LogP contribution is -2.14. The molecule has 1 nitrogen and oxygen atoms in total. The summed E-state index contributed by atoms with van der Waals surface area (Å²) in [5.41, 5.74) is 3.05. The highest BCUT2D eigenvalue weighted by Gasteiger charge is 2.18. The highest BCUT2D eigenvalue weighted by Crippen LogP contribution is 2.27. The van der Waals surface area contributed by atoms with Gasteiger partial charge in [-0.15, -0.1) is 0 Å². The van der Waals surface area contributed by atoms with E-state index in [0.717, 1.165) is 48.7 Å². The van der Waals surface area contributed by atoms with Gasteiger partial charge in [0.05, 0.1) is 0 Å². The van der Waals surface area contributed by atoms with Gasteiger partial charge in [0.25, 0.3) is 0 Å². The standard InChI is InChI=1S/C21H19FO/c22-21-13-11-20(12-14-21)19-9-7-17(8-10-19)2-1-16-3-5-18(15-23)6-4-16/h7-16,18H,3-6H2. The lowest BCUT2D eigenvalue weighted by atomic mass is 9.83. The first kappa shape index (κ1) is 15.5. The van der Waals surface area contributed by atoms with Crippen molar-refractivity contribution in [1.29, 1.82) is 0 Å². The van der Waals surface area contributed by atoms with Crippen LogP contribution in [-0.2, 0) is 4.79 Å². The van der Waals surface area contributed by atoms with Gasteiger partial charge in [-0.25, -0.2) is 4.39 Å². The van der Waals surface area contributed by atoms with Gasteiger partial charge in [-0.2, -0.15) is 0 Å². The van der Waals surface area contributed by atoms with Gasteiger partial charge in [0.2, 0.25) is 0 Å². The summed E-state index contributed by atoms with van der Waals surface area (Å²) in [5, 5.41) is 0. The monoisotopic (exact) mass is 306 g/mol. The fourth-order valence-electron chi connectivity index (χ4n) is 2.97. The van der Waals surface area contributed by atoms with E-state index in [4.69, 9.17) is 0 Å². The molecule has 1 saturated carbocycles. The van der Waals surface area contributed by atoms with Crippen LogP contribution in [-0.4, -0.2) is 6.29 Å². The quantitative estimate of drug-likeness (QED) is 0.572. The van der Waals surface area contributed by atoms with E-state index in [-0.39, 0.29) is 11.7 Å². The molecule has 0 N–H and O–H groups in total. The highest BCUT2D eigenvalue weighted by atomic mass is 19.1. The summed E-state index contributed by atoms with van der Waals surface area (Å²) >= 11 is 0. The van der Waals surface area contributed by atoms with Gasteiger partial charge in [0, 0.05) is 17.4 Å². The average Bonchev–Trinajstić information content (AvgIpc) is 2.61. The van der Waals surface area contributed by atoms with Crippen LogP contribution in [0.2, 0.25) is 0 Å². The first-order chi connectivity index (χ1) is 11.2. The Hall–Kier alpha value is -2.40. The maximum Gasteiger partial charge on any atom is 0.123 e. The predicted molar refractivity (Wildman–Crippen MR) is 90.2 cm³/mol. The molecular formula is C21H19FO. The fourth-order valence-corrected chi connectivity index (χ4v) is 2.97. The van der Waals surface area contributed by atoms with Crippen LogP contribution in [0.1, 0.15) is 31.2 Å². The number of carbonyl (C=O) groups is 1. The molecule has 0 atom stereocenters. The first-order valence-corrected chi connectivity index (χ1v) is 8.07. The van der Waals surface area contributed by atoms with Crippen molar-refractivity contribution in [2.24, 2.45) is 11.8 Å². The van der Waals surface area contributed by atoms with E-state index in [9.17, 15) is 9.18 Å². The molecular weight excluding hydrogens is 287 g/mol. The normalized spacial score (nSPS) is 20.4. The largest absolute Gasteiger partial charge is 0.303 e. The smallest absolute Gasteiger partial charge is 0.123 e. The Morgan fingerprint density at radius 1 is 0.870 bits per heavy atom. The number of rotatable bonds is 2. The Balaban J connectivity index is 1.65.